The quantitative estimate of drug-likeness (QED) is 0.852. The number of carbonyl (C=O) groups excluding carboxylic acids is 1. The summed E-state index contributed by atoms with van der Waals surface area (Å²) in [4.78, 5) is 13.2. The molecule has 0 aliphatic carbocycles. The predicted molar refractivity (Wildman–Crippen MR) is 93.1 cm³/mol. The van der Waals surface area contributed by atoms with Gasteiger partial charge in [-0.1, -0.05) is 29.3 Å². The Labute approximate surface area is 150 Å². The van der Waals surface area contributed by atoms with Crippen LogP contribution in [0.5, 0.6) is 11.5 Å². The molecular formula is C17H17Cl2N2O3+. The van der Waals surface area contributed by atoms with E-state index in [4.69, 9.17) is 32.7 Å². The number of halogens is 2. The number of quaternary nitrogens is 1. The first kappa shape index (κ1) is 16.9. The van der Waals surface area contributed by atoms with Crippen LogP contribution in [0.25, 0.3) is 0 Å². The van der Waals surface area contributed by atoms with E-state index >= 15 is 0 Å². The number of nitrogens with one attached hydrogen (secondary N) is 2. The molecule has 2 N–H and O–H groups in total. The number of benzene rings is 2. The highest BCUT2D eigenvalue weighted by molar-refractivity contribution is 6.39. The summed E-state index contributed by atoms with van der Waals surface area (Å²) in [6.07, 6.45) is 0. The van der Waals surface area contributed by atoms with Crippen molar-refractivity contribution in [3.63, 3.8) is 0 Å². The van der Waals surface area contributed by atoms with Gasteiger partial charge in [-0.25, -0.2) is 0 Å². The predicted octanol–water partition coefficient (Wildman–Crippen LogP) is 2.38. The fourth-order valence-electron chi connectivity index (χ4n) is 2.54. The van der Waals surface area contributed by atoms with E-state index in [1.807, 2.05) is 25.2 Å². The van der Waals surface area contributed by atoms with Crippen molar-refractivity contribution in [2.24, 2.45) is 0 Å². The van der Waals surface area contributed by atoms with Gasteiger partial charge in [0, 0.05) is 5.56 Å². The second-order valence-electron chi connectivity index (χ2n) is 5.64. The molecule has 1 atom stereocenters. The van der Waals surface area contributed by atoms with Gasteiger partial charge in [-0.3, -0.25) is 4.79 Å². The summed E-state index contributed by atoms with van der Waals surface area (Å²) in [6.45, 7) is 1.22. The minimum atomic E-state index is -0.150. The van der Waals surface area contributed by atoms with Crippen LogP contribution < -0.4 is 19.7 Å². The maximum atomic E-state index is 12.2. The lowest BCUT2D eigenvalue weighted by Gasteiger charge is -2.15. The smallest absolute Gasteiger partial charge is 0.279 e. The number of rotatable bonds is 5. The number of para-hydroxylation sites is 1. The Hall–Kier alpha value is -1.95. The first-order chi connectivity index (χ1) is 11.5. The van der Waals surface area contributed by atoms with Gasteiger partial charge in [-0.15, -0.1) is 0 Å². The normalized spacial score (nSPS) is 13.6. The average molecular weight is 368 g/mol. The first-order valence-corrected chi connectivity index (χ1v) is 8.22. The molecule has 1 heterocycles. The Balaban J connectivity index is 1.58. The fourth-order valence-corrected chi connectivity index (χ4v) is 3.03. The van der Waals surface area contributed by atoms with Crippen molar-refractivity contribution in [3.8, 4) is 11.5 Å². The molecule has 2 aromatic rings. The Morgan fingerprint density at radius 3 is 2.62 bits per heavy atom. The van der Waals surface area contributed by atoms with Crippen LogP contribution in [0.1, 0.15) is 5.56 Å². The lowest BCUT2D eigenvalue weighted by atomic mass is 10.2. The summed E-state index contributed by atoms with van der Waals surface area (Å²) < 4.78 is 10.7. The highest BCUT2D eigenvalue weighted by Crippen LogP contribution is 2.32. The fraction of sp³-hybridized carbons (Fsp3) is 0.235. The molecule has 1 aliphatic heterocycles. The summed E-state index contributed by atoms with van der Waals surface area (Å²) in [5, 5.41) is 3.61. The molecule has 7 heteroatoms. The second kappa shape index (κ2) is 7.30. The second-order valence-corrected chi connectivity index (χ2v) is 6.46. The zero-order valence-electron chi connectivity index (χ0n) is 13.1. The molecule has 24 heavy (non-hydrogen) atoms. The Kier molecular flexibility index (Phi) is 5.14. The van der Waals surface area contributed by atoms with E-state index < -0.39 is 0 Å². The molecule has 0 aromatic heterocycles. The molecule has 126 valence electrons. The monoisotopic (exact) mass is 367 g/mol. The Morgan fingerprint density at radius 1 is 1.17 bits per heavy atom. The molecule has 1 amide bonds. The number of amides is 1. The minimum absolute atomic E-state index is 0.150. The third-order valence-electron chi connectivity index (χ3n) is 3.63. The topological polar surface area (TPSA) is 52.0 Å². The molecule has 1 aliphatic rings. The molecule has 0 saturated heterocycles. The van der Waals surface area contributed by atoms with Crippen LogP contribution in [0, 0.1) is 0 Å². The number of ether oxygens (including phenoxy) is 2. The van der Waals surface area contributed by atoms with Crippen molar-refractivity contribution in [2.75, 3.05) is 25.7 Å². The van der Waals surface area contributed by atoms with Crippen molar-refractivity contribution in [1.29, 1.82) is 0 Å². The van der Waals surface area contributed by atoms with Crippen molar-refractivity contribution < 1.29 is 19.2 Å². The van der Waals surface area contributed by atoms with Gasteiger partial charge < -0.3 is 19.7 Å². The van der Waals surface area contributed by atoms with Crippen molar-refractivity contribution in [1.82, 2.24) is 0 Å². The third kappa shape index (κ3) is 3.93. The zero-order valence-corrected chi connectivity index (χ0v) is 14.6. The molecule has 0 bridgehead atoms. The summed E-state index contributed by atoms with van der Waals surface area (Å²) in [5.74, 6) is 1.35. The number of hydrogen-bond donors (Lipinski definition) is 2. The highest BCUT2D eigenvalue weighted by atomic mass is 35.5. The van der Waals surface area contributed by atoms with Crippen molar-refractivity contribution >= 4 is 34.8 Å². The van der Waals surface area contributed by atoms with Gasteiger partial charge >= 0.3 is 0 Å². The van der Waals surface area contributed by atoms with E-state index in [1.165, 1.54) is 0 Å². The zero-order chi connectivity index (χ0) is 17.1. The van der Waals surface area contributed by atoms with Gasteiger partial charge in [-0.2, -0.15) is 0 Å². The lowest BCUT2D eigenvalue weighted by molar-refractivity contribution is -0.885. The lowest BCUT2D eigenvalue weighted by Crippen LogP contribution is -3.08. The maximum absolute atomic E-state index is 12.2. The molecule has 3 rings (SSSR count). The third-order valence-corrected chi connectivity index (χ3v) is 4.26. The largest absolute Gasteiger partial charge is 0.454 e. The standard InChI is InChI=1S/C17H16Cl2N2O3/c1-21(8-11-5-6-14-15(7-11)24-10-23-14)9-16(22)20-17-12(18)3-2-4-13(17)19/h2-7H,8-10H2,1H3,(H,20,22)/p+1. The number of likely N-dealkylation sites (N-methyl/N-ethyl adjacent to an activating group) is 1. The summed E-state index contributed by atoms with van der Waals surface area (Å²) >= 11 is 12.1. The van der Waals surface area contributed by atoms with Gasteiger partial charge in [-0.05, 0) is 30.3 Å². The summed E-state index contributed by atoms with van der Waals surface area (Å²) in [5.41, 5.74) is 1.52. The number of hydrogen-bond acceptors (Lipinski definition) is 3. The van der Waals surface area contributed by atoms with Crippen LogP contribution in [0.4, 0.5) is 5.69 Å². The molecule has 0 radical (unpaired) electrons. The number of anilines is 1. The molecule has 0 spiro atoms. The summed E-state index contributed by atoms with van der Waals surface area (Å²) in [6, 6.07) is 10.9. The van der Waals surface area contributed by atoms with Crippen LogP contribution in [-0.2, 0) is 11.3 Å². The van der Waals surface area contributed by atoms with Gasteiger partial charge in [0.15, 0.2) is 18.0 Å². The van der Waals surface area contributed by atoms with Crippen LogP contribution in [0.15, 0.2) is 36.4 Å². The van der Waals surface area contributed by atoms with Crippen molar-refractivity contribution in [3.05, 3.63) is 52.0 Å². The highest BCUT2D eigenvalue weighted by Gasteiger charge is 2.17. The van der Waals surface area contributed by atoms with Gasteiger partial charge in [0.05, 0.1) is 22.8 Å². The number of fused-ring (bicyclic) bond motifs is 1. The molecule has 1 unspecified atom stereocenters. The minimum Gasteiger partial charge on any atom is -0.454 e. The molecule has 0 fully saturated rings. The molecule has 2 aromatic carbocycles. The molecule has 5 nitrogen and oxygen atoms in total. The number of carbonyl (C=O) groups is 1. The van der Waals surface area contributed by atoms with Crippen molar-refractivity contribution in [2.45, 2.75) is 6.54 Å². The van der Waals surface area contributed by atoms with E-state index in [0.29, 0.717) is 22.3 Å². The van der Waals surface area contributed by atoms with Gasteiger partial charge in [0.25, 0.3) is 5.91 Å². The summed E-state index contributed by atoms with van der Waals surface area (Å²) in [7, 11) is 1.94. The van der Waals surface area contributed by atoms with E-state index in [2.05, 4.69) is 5.32 Å². The van der Waals surface area contributed by atoms with Crippen LogP contribution in [0.2, 0.25) is 10.0 Å². The van der Waals surface area contributed by atoms with E-state index in [9.17, 15) is 4.79 Å². The van der Waals surface area contributed by atoms with E-state index in [-0.39, 0.29) is 19.2 Å². The van der Waals surface area contributed by atoms with Crippen LogP contribution in [0.3, 0.4) is 0 Å². The maximum Gasteiger partial charge on any atom is 0.279 e. The first-order valence-electron chi connectivity index (χ1n) is 7.46. The van der Waals surface area contributed by atoms with Crippen LogP contribution >= 0.6 is 23.2 Å². The molecular weight excluding hydrogens is 351 g/mol. The van der Waals surface area contributed by atoms with Crippen LogP contribution in [-0.4, -0.2) is 26.3 Å². The SMILES string of the molecule is C[NH+](CC(=O)Nc1c(Cl)cccc1Cl)Cc1ccc2c(c1)OCO2. The van der Waals surface area contributed by atoms with Gasteiger partial charge in [0.2, 0.25) is 6.79 Å². The Bertz CT molecular complexity index is 747. The Morgan fingerprint density at radius 2 is 1.88 bits per heavy atom. The average Bonchev–Trinajstić information content (AvgIpc) is 2.98. The van der Waals surface area contributed by atoms with Gasteiger partial charge in [0.1, 0.15) is 6.54 Å². The van der Waals surface area contributed by atoms with E-state index in [1.54, 1.807) is 18.2 Å². The van der Waals surface area contributed by atoms with E-state index in [0.717, 1.165) is 22.0 Å². The molecule has 0 saturated carbocycles.